The Morgan fingerprint density at radius 2 is 1.27 bits per heavy atom. The number of hydrogen-bond acceptors (Lipinski definition) is 2. The van der Waals surface area contributed by atoms with Gasteiger partial charge in [0.1, 0.15) is 0 Å². The van der Waals surface area contributed by atoms with Crippen LogP contribution in [-0.4, -0.2) is 16.6 Å². The van der Waals surface area contributed by atoms with Crippen LogP contribution in [0.5, 0.6) is 0 Å². The summed E-state index contributed by atoms with van der Waals surface area (Å²) in [7, 11) is 0. The van der Waals surface area contributed by atoms with Gasteiger partial charge in [-0.3, -0.25) is 4.79 Å². The lowest BCUT2D eigenvalue weighted by Crippen LogP contribution is -2.37. The Labute approximate surface area is 94.1 Å². The van der Waals surface area contributed by atoms with Crippen LogP contribution in [0.3, 0.4) is 0 Å². The molecule has 0 heterocycles. The molecule has 0 saturated carbocycles. The Balaban J connectivity index is 0. The fourth-order valence-corrected chi connectivity index (χ4v) is 0.750. The van der Waals surface area contributed by atoms with Gasteiger partial charge in [-0.1, -0.05) is 20.8 Å². The summed E-state index contributed by atoms with van der Waals surface area (Å²) in [5, 5.41) is 8.25. The first kappa shape index (κ1) is 16.8. The van der Waals surface area contributed by atoms with E-state index in [0.29, 0.717) is 0 Å². The van der Waals surface area contributed by atoms with Gasteiger partial charge in [-0.25, -0.2) is 0 Å². The van der Waals surface area contributed by atoms with E-state index in [0.717, 1.165) is 19.3 Å². The first-order valence-corrected chi connectivity index (χ1v) is 5.65. The number of carboxylic acid groups (broad SMARTS) is 1. The standard InChI is InChI=1S/C7H17N.C5H10O2/c1-4-7(8,5-2)6-3;1-5(2,3)4(6)7/h4-6,8H2,1-3H3;1-3H3,(H,6,7). The largest absolute Gasteiger partial charge is 0.481 e. The molecule has 0 unspecified atom stereocenters. The average Bonchev–Trinajstić information content (AvgIpc) is 2.16. The summed E-state index contributed by atoms with van der Waals surface area (Å²) in [4.78, 5) is 10.0. The van der Waals surface area contributed by atoms with Gasteiger partial charge in [0.05, 0.1) is 5.41 Å². The van der Waals surface area contributed by atoms with Crippen molar-refractivity contribution in [1.82, 2.24) is 0 Å². The monoisotopic (exact) mass is 217 g/mol. The van der Waals surface area contributed by atoms with Crippen molar-refractivity contribution in [2.24, 2.45) is 11.1 Å². The Morgan fingerprint density at radius 3 is 1.27 bits per heavy atom. The van der Waals surface area contributed by atoms with Crippen LogP contribution in [0.15, 0.2) is 0 Å². The molecule has 15 heavy (non-hydrogen) atoms. The SMILES string of the molecule is CC(C)(C)C(=O)O.CCC(N)(CC)CC. The molecule has 0 saturated heterocycles. The van der Waals surface area contributed by atoms with Gasteiger partial charge < -0.3 is 10.8 Å². The Morgan fingerprint density at radius 1 is 1.07 bits per heavy atom. The molecule has 0 aliphatic carbocycles. The molecule has 0 radical (unpaired) electrons. The third-order valence-electron chi connectivity index (χ3n) is 2.75. The molecule has 0 aliphatic rings. The van der Waals surface area contributed by atoms with Crippen molar-refractivity contribution in [1.29, 1.82) is 0 Å². The molecule has 3 nitrogen and oxygen atoms in total. The summed E-state index contributed by atoms with van der Waals surface area (Å²) in [5.41, 5.74) is 5.44. The van der Waals surface area contributed by atoms with Gasteiger partial charge in [0.15, 0.2) is 0 Å². The normalized spacial score (nSPS) is 11.7. The van der Waals surface area contributed by atoms with E-state index in [1.165, 1.54) is 0 Å². The number of carboxylic acids is 1. The fourth-order valence-electron chi connectivity index (χ4n) is 0.750. The second-order valence-electron chi connectivity index (χ2n) is 4.98. The second-order valence-corrected chi connectivity index (χ2v) is 4.98. The quantitative estimate of drug-likeness (QED) is 0.763. The van der Waals surface area contributed by atoms with Gasteiger partial charge in [-0.15, -0.1) is 0 Å². The highest BCUT2D eigenvalue weighted by Gasteiger charge is 2.18. The van der Waals surface area contributed by atoms with E-state index >= 15 is 0 Å². The molecule has 92 valence electrons. The van der Waals surface area contributed by atoms with Gasteiger partial charge in [0, 0.05) is 5.54 Å². The van der Waals surface area contributed by atoms with E-state index in [-0.39, 0.29) is 5.54 Å². The summed E-state index contributed by atoms with van der Waals surface area (Å²) in [6, 6.07) is 0. The third-order valence-corrected chi connectivity index (χ3v) is 2.75. The molecule has 3 heteroatoms. The molecular weight excluding hydrogens is 190 g/mol. The lowest BCUT2D eigenvalue weighted by atomic mass is 9.92. The smallest absolute Gasteiger partial charge is 0.308 e. The lowest BCUT2D eigenvalue weighted by Gasteiger charge is -2.23. The van der Waals surface area contributed by atoms with Crippen LogP contribution in [0.25, 0.3) is 0 Å². The molecule has 0 amide bonds. The maximum atomic E-state index is 10.0. The number of rotatable bonds is 3. The first-order chi connectivity index (χ1) is 6.63. The zero-order valence-electron chi connectivity index (χ0n) is 11.1. The zero-order valence-corrected chi connectivity index (χ0v) is 11.1. The van der Waals surface area contributed by atoms with Gasteiger partial charge in [0.25, 0.3) is 0 Å². The molecular formula is C12H27NO2. The van der Waals surface area contributed by atoms with Crippen molar-refractivity contribution in [3.05, 3.63) is 0 Å². The van der Waals surface area contributed by atoms with Gasteiger partial charge in [-0.2, -0.15) is 0 Å². The number of hydrogen-bond donors (Lipinski definition) is 2. The maximum absolute atomic E-state index is 10.0. The van der Waals surface area contributed by atoms with E-state index in [1.54, 1.807) is 20.8 Å². The molecule has 3 N–H and O–H groups in total. The molecule has 0 aromatic heterocycles. The van der Waals surface area contributed by atoms with Crippen LogP contribution in [0.2, 0.25) is 0 Å². The highest BCUT2D eigenvalue weighted by atomic mass is 16.4. The van der Waals surface area contributed by atoms with Crippen LogP contribution < -0.4 is 5.73 Å². The summed E-state index contributed by atoms with van der Waals surface area (Å²) in [6.45, 7) is 11.4. The summed E-state index contributed by atoms with van der Waals surface area (Å²) >= 11 is 0. The van der Waals surface area contributed by atoms with Gasteiger partial charge >= 0.3 is 5.97 Å². The zero-order chi connectivity index (χ0) is 12.7. The first-order valence-electron chi connectivity index (χ1n) is 5.65. The summed E-state index contributed by atoms with van der Waals surface area (Å²) in [5.74, 6) is -0.757. The molecule has 0 fully saturated rings. The molecule has 0 rings (SSSR count). The minimum atomic E-state index is -0.757. The Kier molecular flexibility index (Phi) is 7.67. The molecule has 0 bridgehead atoms. The minimum Gasteiger partial charge on any atom is -0.481 e. The van der Waals surface area contributed by atoms with Crippen molar-refractivity contribution < 1.29 is 9.90 Å². The van der Waals surface area contributed by atoms with Crippen molar-refractivity contribution in [3.63, 3.8) is 0 Å². The summed E-state index contributed by atoms with van der Waals surface area (Å²) < 4.78 is 0. The van der Waals surface area contributed by atoms with Crippen molar-refractivity contribution in [3.8, 4) is 0 Å². The molecule has 0 aliphatic heterocycles. The molecule has 0 aromatic rings. The van der Waals surface area contributed by atoms with E-state index in [1.807, 2.05) is 0 Å². The number of nitrogens with two attached hydrogens (primary N) is 1. The average molecular weight is 217 g/mol. The van der Waals surface area contributed by atoms with Crippen molar-refractivity contribution in [2.45, 2.75) is 66.3 Å². The molecule has 0 atom stereocenters. The van der Waals surface area contributed by atoms with Crippen molar-refractivity contribution >= 4 is 5.97 Å². The highest BCUT2D eigenvalue weighted by molar-refractivity contribution is 5.72. The van der Waals surface area contributed by atoms with E-state index in [9.17, 15) is 4.79 Å². The number of aliphatic carboxylic acids is 1. The Hall–Kier alpha value is -0.570. The summed E-state index contributed by atoms with van der Waals surface area (Å²) in [6.07, 6.45) is 3.29. The van der Waals surface area contributed by atoms with Gasteiger partial charge in [-0.05, 0) is 40.0 Å². The lowest BCUT2D eigenvalue weighted by molar-refractivity contribution is -0.145. The van der Waals surface area contributed by atoms with E-state index < -0.39 is 11.4 Å². The second kappa shape index (κ2) is 6.83. The van der Waals surface area contributed by atoms with Crippen LogP contribution in [0.4, 0.5) is 0 Å². The highest BCUT2D eigenvalue weighted by Crippen LogP contribution is 2.14. The predicted octanol–water partition coefficient (Wildman–Crippen LogP) is 3.03. The fraction of sp³-hybridized carbons (Fsp3) is 0.917. The molecule has 0 spiro atoms. The Bertz CT molecular complexity index is 170. The predicted molar refractivity (Wildman–Crippen MR) is 64.9 cm³/mol. The van der Waals surface area contributed by atoms with E-state index in [2.05, 4.69) is 20.8 Å². The van der Waals surface area contributed by atoms with Crippen LogP contribution in [0.1, 0.15) is 60.8 Å². The topological polar surface area (TPSA) is 63.3 Å². The van der Waals surface area contributed by atoms with Crippen molar-refractivity contribution in [2.75, 3.05) is 0 Å². The third kappa shape index (κ3) is 8.43. The minimum absolute atomic E-state index is 0.125. The van der Waals surface area contributed by atoms with E-state index in [4.69, 9.17) is 10.8 Å². The van der Waals surface area contributed by atoms with Gasteiger partial charge in [0.2, 0.25) is 0 Å². The molecule has 0 aromatic carbocycles. The maximum Gasteiger partial charge on any atom is 0.308 e. The number of carbonyl (C=O) groups is 1. The van der Waals surface area contributed by atoms with Crippen LogP contribution in [-0.2, 0) is 4.79 Å². The van der Waals surface area contributed by atoms with Crippen LogP contribution in [0, 0.1) is 5.41 Å². The van der Waals surface area contributed by atoms with Crippen LogP contribution >= 0.6 is 0 Å².